The Labute approximate surface area is 132 Å². The summed E-state index contributed by atoms with van der Waals surface area (Å²) in [6, 6.07) is 7.91. The second kappa shape index (κ2) is 7.97. The molecule has 0 bridgehead atoms. The lowest BCUT2D eigenvalue weighted by atomic mass is 9.86. The van der Waals surface area contributed by atoms with E-state index in [9.17, 15) is 9.59 Å². The maximum absolute atomic E-state index is 11.9. The predicted molar refractivity (Wildman–Crippen MR) is 85.4 cm³/mol. The van der Waals surface area contributed by atoms with Gasteiger partial charge >= 0.3 is 5.97 Å². The van der Waals surface area contributed by atoms with Crippen molar-refractivity contribution in [3.05, 3.63) is 35.4 Å². The highest BCUT2D eigenvalue weighted by atomic mass is 16.5. The standard InChI is InChI=1S/C18H25NO3/c1-13-7-3-5-9-15(13)11-18(21)22-12-17(20)19-16-10-6-4-8-14(16)2/h3,5,7,9,14,16H,4,6,8,10-12H2,1-2H3,(H,19,20)/t14-,16-/m1/s1. The lowest BCUT2D eigenvalue weighted by Crippen LogP contribution is -2.43. The van der Waals surface area contributed by atoms with Crippen LogP contribution in [0.2, 0.25) is 0 Å². The number of esters is 1. The van der Waals surface area contributed by atoms with E-state index in [4.69, 9.17) is 4.74 Å². The monoisotopic (exact) mass is 303 g/mol. The third-order valence-electron chi connectivity index (χ3n) is 4.42. The largest absolute Gasteiger partial charge is 0.455 e. The maximum atomic E-state index is 11.9. The van der Waals surface area contributed by atoms with Gasteiger partial charge in [0.05, 0.1) is 6.42 Å². The van der Waals surface area contributed by atoms with Crippen LogP contribution in [-0.2, 0) is 20.7 Å². The highest BCUT2D eigenvalue weighted by Crippen LogP contribution is 2.23. The van der Waals surface area contributed by atoms with Gasteiger partial charge < -0.3 is 10.1 Å². The van der Waals surface area contributed by atoms with Crippen molar-refractivity contribution in [3.63, 3.8) is 0 Å². The molecule has 1 fully saturated rings. The molecule has 1 N–H and O–H groups in total. The minimum atomic E-state index is -0.360. The van der Waals surface area contributed by atoms with E-state index in [1.807, 2.05) is 31.2 Å². The van der Waals surface area contributed by atoms with E-state index in [-0.39, 0.29) is 30.9 Å². The summed E-state index contributed by atoms with van der Waals surface area (Å²) in [4.78, 5) is 23.7. The molecule has 1 saturated carbocycles. The van der Waals surface area contributed by atoms with Gasteiger partial charge in [-0.05, 0) is 36.8 Å². The normalized spacial score (nSPS) is 21.2. The molecular formula is C18H25NO3. The molecule has 0 aromatic heterocycles. The third-order valence-corrected chi connectivity index (χ3v) is 4.42. The molecule has 22 heavy (non-hydrogen) atoms. The highest BCUT2D eigenvalue weighted by molar-refractivity contribution is 5.81. The van der Waals surface area contributed by atoms with Crippen LogP contribution in [0.3, 0.4) is 0 Å². The van der Waals surface area contributed by atoms with Crippen LogP contribution < -0.4 is 5.32 Å². The zero-order valence-corrected chi connectivity index (χ0v) is 13.4. The van der Waals surface area contributed by atoms with Gasteiger partial charge in [-0.2, -0.15) is 0 Å². The molecule has 1 amide bonds. The van der Waals surface area contributed by atoms with Gasteiger partial charge in [-0.3, -0.25) is 9.59 Å². The van der Waals surface area contributed by atoms with Gasteiger partial charge in [0.1, 0.15) is 0 Å². The van der Waals surface area contributed by atoms with Crippen LogP contribution in [0.25, 0.3) is 0 Å². The van der Waals surface area contributed by atoms with E-state index in [0.29, 0.717) is 5.92 Å². The highest BCUT2D eigenvalue weighted by Gasteiger charge is 2.23. The average Bonchev–Trinajstić information content (AvgIpc) is 2.50. The molecule has 0 aliphatic heterocycles. The summed E-state index contributed by atoms with van der Waals surface area (Å²) in [7, 11) is 0. The maximum Gasteiger partial charge on any atom is 0.310 e. The topological polar surface area (TPSA) is 55.4 Å². The summed E-state index contributed by atoms with van der Waals surface area (Å²) in [5, 5.41) is 2.98. The van der Waals surface area contributed by atoms with Crippen LogP contribution in [0.4, 0.5) is 0 Å². The molecule has 0 saturated heterocycles. The van der Waals surface area contributed by atoms with E-state index < -0.39 is 0 Å². The molecule has 120 valence electrons. The quantitative estimate of drug-likeness (QED) is 0.851. The van der Waals surface area contributed by atoms with Gasteiger partial charge in [0.15, 0.2) is 6.61 Å². The summed E-state index contributed by atoms with van der Waals surface area (Å²) in [6.07, 6.45) is 4.77. The molecular weight excluding hydrogens is 278 g/mol. The van der Waals surface area contributed by atoms with Crippen molar-refractivity contribution in [2.24, 2.45) is 5.92 Å². The second-order valence-electron chi connectivity index (χ2n) is 6.20. The Kier molecular flexibility index (Phi) is 5.99. The number of carbonyl (C=O) groups excluding carboxylic acids is 2. The molecule has 0 unspecified atom stereocenters. The van der Waals surface area contributed by atoms with Crippen molar-refractivity contribution < 1.29 is 14.3 Å². The predicted octanol–water partition coefficient (Wildman–Crippen LogP) is 2.78. The molecule has 2 atom stereocenters. The van der Waals surface area contributed by atoms with Gasteiger partial charge in [-0.1, -0.05) is 44.0 Å². The summed E-state index contributed by atoms with van der Waals surface area (Å²) in [5.41, 5.74) is 1.99. The number of nitrogens with one attached hydrogen (secondary N) is 1. The number of hydrogen-bond acceptors (Lipinski definition) is 3. The molecule has 1 aliphatic carbocycles. The Morgan fingerprint density at radius 3 is 2.68 bits per heavy atom. The number of aryl methyl sites for hydroxylation is 1. The summed E-state index contributed by atoms with van der Waals surface area (Å²) < 4.78 is 5.09. The molecule has 1 aliphatic rings. The molecule has 1 aromatic carbocycles. The Hall–Kier alpha value is -1.84. The Balaban J connectivity index is 1.74. The first-order chi connectivity index (χ1) is 10.6. The zero-order chi connectivity index (χ0) is 15.9. The van der Waals surface area contributed by atoms with Gasteiger partial charge in [-0.15, -0.1) is 0 Å². The van der Waals surface area contributed by atoms with Gasteiger partial charge in [0.25, 0.3) is 5.91 Å². The van der Waals surface area contributed by atoms with E-state index in [2.05, 4.69) is 12.2 Å². The number of benzene rings is 1. The Morgan fingerprint density at radius 2 is 1.95 bits per heavy atom. The fourth-order valence-electron chi connectivity index (χ4n) is 2.94. The molecule has 4 nitrogen and oxygen atoms in total. The van der Waals surface area contributed by atoms with Gasteiger partial charge in [0, 0.05) is 6.04 Å². The number of amides is 1. The molecule has 1 aromatic rings. The third kappa shape index (κ3) is 4.86. The van der Waals surface area contributed by atoms with Crippen LogP contribution in [-0.4, -0.2) is 24.5 Å². The van der Waals surface area contributed by atoms with Crippen LogP contribution in [0, 0.1) is 12.8 Å². The second-order valence-corrected chi connectivity index (χ2v) is 6.20. The van der Waals surface area contributed by atoms with Crippen LogP contribution in [0.1, 0.15) is 43.7 Å². The van der Waals surface area contributed by atoms with Gasteiger partial charge in [0.2, 0.25) is 0 Å². The lowest BCUT2D eigenvalue weighted by Gasteiger charge is -2.29. The van der Waals surface area contributed by atoms with Crippen LogP contribution in [0.5, 0.6) is 0 Å². The zero-order valence-electron chi connectivity index (χ0n) is 13.4. The van der Waals surface area contributed by atoms with Crippen molar-refractivity contribution in [1.82, 2.24) is 5.32 Å². The van der Waals surface area contributed by atoms with E-state index in [0.717, 1.165) is 30.4 Å². The number of carbonyl (C=O) groups is 2. The van der Waals surface area contributed by atoms with E-state index in [1.54, 1.807) is 0 Å². The molecule has 0 heterocycles. The first-order valence-electron chi connectivity index (χ1n) is 8.05. The number of ether oxygens (including phenoxy) is 1. The number of rotatable bonds is 5. The SMILES string of the molecule is Cc1ccccc1CC(=O)OCC(=O)N[C@@H]1CCCC[C@H]1C. The van der Waals surface area contributed by atoms with Crippen molar-refractivity contribution in [1.29, 1.82) is 0 Å². The lowest BCUT2D eigenvalue weighted by molar-refractivity contribution is -0.148. The fourth-order valence-corrected chi connectivity index (χ4v) is 2.94. The van der Waals surface area contributed by atoms with Crippen molar-refractivity contribution in [3.8, 4) is 0 Å². The first kappa shape index (κ1) is 16.5. The molecule has 4 heteroatoms. The number of hydrogen-bond donors (Lipinski definition) is 1. The van der Waals surface area contributed by atoms with E-state index in [1.165, 1.54) is 6.42 Å². The Bertz CT molecular complexity index is 527. The van der Waals surface area contributed by atoms with Gasteiger partial charge in [-0.25, -0.2) is 0 Å². The minimum absolute atomic E-state index is 0.187. The van der Waals surface area contributed by atoms with Crippen molar-refractivity contribution in [2.45, 2.75) is 52.0 Å². The minimum Gasteiger partial charge on any atom is -0.455 e. The van der Waals surface area contributed by atoms with Crippen LogP contribution in [0.15, 0.2) is 24.3 Å². The summed E-state index contributed by atoms with van der Waals surface area (Å²) >= 11 is 0. The fraction of sp³-hybridized carbons (Fsp3) is 0.556. The first-order valence-corrected chi connectivity index (χ1v) is 8.05. The van der Waals surface area contributed by atoms with Crippen molar-refractivity contribution >= 4 is 11.9 Å². The molecule has 0 radical (unpaired) electrons. The van der Waals surface area contributed by atoms with E-state index >= 15 is 0 Å². The van der Waals surface area contributed by atoms with Crippen molar-refractivity contribution in [2.75, 3.05) is 6.61 Å². The summed E-state index contributed by atoms with van der Waals surface area (Å²) in [5.74, 6) is -0.0570. The molecule has 0 spiro atoms. The Morgan fingerprint density at radius 1 is 1.23 bits per heavy atom. The summed E-state index contributed by atoms with van der Waals surface area (Å²) in [6.45, 7) is 3.93. The molecule has 2 rings (SSSR count). The van der Waals surface area contributed by atoms with Crippen LogP contribution >= 0.6 is 0 Å². The smallest absolute Gasteiger partial charge is 0.310 e. The average molecular weight is 303 g/mol.